The van der Waals surface area contributed by atoms with Gasteiger partial charge in [0.2, 0.25) is 5.56 Å². The Labute approximate surface area is 122 Å². The van der Waals surface area contributed by atoms with Crippen LogP contribution in [0.15, 0.2) is 35.1 Å². The van der Waals surface area contributed by atoms with Gasteiger partial charge in [-0.25, -0.2) is 0 Å². The molecule has 3 N–H and O–H groups in total. The number of hydrogen-bond acceptors (Lipinski definition) is 3. The molecular weight excluding hydrogens is 266 g/mol. The second kappa shape index (κ2) is 5.33. The van der Waals surface area contributed by atoms with Gasteiger partial charge >= 0.3 is 0 Å². The summed E-state index contributed by atoms with van der Waals surface area (Å²) in [5.74, 6) is 0.269. The topological polar surface area (TPSA) is 79.2 Å². The van der Waals surface area contributed by atoms with E-state index >= 15 is 0 Å². The average molecular weight is 285 g/mol. The zero-order valence-corrected chi connectivity index (χ0v) is 12.0. The van der Waals surface area contributed by atoms with Gasteiger partial charge in [0.15, 0.2) is 0 Å². The summed E-state index contributed by atoms with van der Waals surface area (Å²) in [4.78, 5) is 29.1. The van der Waals surface area contributed by atoms with E-state index in [1.54, 1.807) is 11.0 Å². The molecule has 2 unspecified atom stereocenters. The predicted octanol–water partition coefficient (Wildman–Crippen LogP) is 1.34. The van der Waals surface area contributed by atoms with Crippen LogP contribution in [0, 0.1) is 5.92 Å². The zero-order valence-electron chi connectivity index (χ0n) is 12.0. The SMILES string of the molecule is CC1CC(N)CN(C(=O)c2cc(=O)[nH]c3ccccc23)C1. The number of para-hydroxylation sites is 1. The number of hydrogen-bond donors (Lipinski definition) is 2. The molecule has 1 aromatic carbocycles. The van der Waals surface area contributed by atoms with Crippen molar-refractivity contribution in [2.75, 3.05) is 13.1 Å². The van der Waals surface area contributed by atoms with Crippen molar-refractivity contribution in [2.24, 2.45) is 11.7 Å². The summed E-state index contributed by atoms with van der Waals surface area (Å²) in [6, 6.07) is 8.75. The van der Waals surface area contributed by atoms with Crippen LogP contribution in [0.2, 0.25) is 0 Å². The number of nitrogens with one attached hydrogen (secondary N) is 1. The number of amides is 1. The van der Waals surface area contributed by atoms with Crippen LogP contribution >= 0.6 is 0 Å². The summed E-state index contributed by atoms with van der Waals surface area (Å²) < 4.78 is 0. The summed E-state index contributed by atoms with van der Waals surface area (Å²) in [6.45, 7) is 3.33. The fourth-order valence-corrected chi connectivity index (χ4v) is 3.12. The van der Waals surface area contributed by atoms with E-state index in [2.05, 4.69) is 11.9 Å². The molecule has 0 spiro atoms. The number of benzene rings is 1. The Morgan fingerprint density at radius 2 is 2.10 bits per heavy atom. The highest BCUT2D eigenvalue weighted by molar-refractivity contribution is 6.06. The fourth-order valence-electron chi connectivity index (χ4n) is 3.12. The minimum atomic E-state index is -0.258. The molecule has 5 nitrogen and oxygen atoms in total. The quantitative estimate of drug-likeness (QED) is 0.829. The normalized spacial score (nSPS) is 22.5. The van der Waals surface area contributed by atoms with E-state index in [-0.39, 0.29) is 17.5 Å². The Balaban J connectivity index is 2.03. The summed E-state index contributed by atoms with van der Waals surface area (Å²) in [6.07, 6.45) is 0.930. The number of rotatable bonds is 1. The number of nitrogens with two attached hydrogens (primary N) is 1. The summed E-state index contributed by atoms with van der Waals surface area (Å²) in [5.41, 5.74) is 6.89. The van der Waals surface area contributed by atoms with Crippen molar-refractivity contribution in [2.45, 2.75) is 19.4 Å². The van der Waals surface area contributed by atoms with E-state index in [1.807, 2.05) is 18.2 Å². The molecule has 1 aliphatic heterocycles. The number of carbonyl (C=O) groups excluding carboxylic acids is 1. The van der Waals surface area contributed by atoms with Gasteiger partial charge in [-0.2, -0.15) is 0 Å². The van der Waals surface area contributed by atoms with Crippen molar-refractivity contribution in [1.29, 1.82) is 0 Å². The van der Waals surface area contributed by atoms with E-state index < -0.39 is 0 Å². The maximum Gasteiger partial charge on any atom is 0.254 e. The predicted molar refractivity (Wildman–Crippen MR) is 82.2 cm³/mol. The molecule has 21 heavy (non-hydrogen) atoms. The van der Waals surface area contributed by atoms with Gasteiger partial charge in [0.25, 0.3) is 5.91 Å². The van der Waals surface area contributed by atoms with Crippen molar-refractivity contribution in [3.05, 3.63) is 46.2 Å². The number of fused-ring (bicyclic) bond motifs is 1. The van der Waals surface area contributed by atoms with Crippen LogP contribution in [0.5, 0.6) is 0 Å². The maximum atomic E-state index is 12.8. The summed E-state index contributed by atoms with van der Waals surface area (Å²) in [5, 5.41) is 0.772. The Kier molecular flexibility index (Phi) is 3.51. The van der Waals surface area contributed by atoms with Crippen LogP contribution in [0.3, 0.4) is 0 Å². The lowest BCUT2D eigenvalue weighted by Crippen LogP contribution is -2.49. The first-order chi connectivity index (χ1) is 10.0. The molecule has 1 amide bonds. The fraction of sp³-hybridized carbons (Fsp3) is 0.375. The van der Waals surface area contributed by atoms with Gasteiger partial charge in [0.1, 0.15) is 0 Å². The minimum absolute atomic E-state index is 0.00552. The molecular formula is C16H19N3O2. The van der Waals surface area contributed by atoms with Crippen LogP contribution in [0.1, 0.15) is 23.7 Å². The second-order valence-electron chi connectivity index (χ2n) is 5.90. The first kappa shape index (κ1) is 13.8. The van der Waals surface area contributed by atoms with Gasteiger partial charge in [-0.3, -0.25) is 9.59 Å². The van der Waals surface area contributed by atoms with E-state index in [0.717, 1.165) is 11.8 Å². The Morgan fingerprint density at radius 3 is 2.86 bits per heavy atom. The van der Waals surface area contributed by atoms with Gasteiger partial charge in [0.05, 0.1) is 5.56 Å². The Hall–Kier alpha value is -2.14. The van der Waals surface area contributed by atoms with E-state index in [1.165, 1.54) is 6.07 Å². The monoisotopic (exact) mass is 285 g/mol. The molecule has 0 radical (unpaired) electrons. The van der Waals surface area contributed by atoms with Crippen LogP contribution in [0.4, 0.5) is 0 Å². The summed E-state index contributed by atoms with van der Waals surface area (Å²) in [7, 11) is 0. The van der Waals surface area contributed by atoms with Gasteiger partial charge < -0.3 is 15.6 Å². The number of carbonyl (C=O) groups is 1. The number of H-pyrrole nitrogens is 1. The van der Waals surface area contributed by atoms with Crippen molar-refractivity contribution >= 4 is 16.8 Å². The van der Waals surface area contributed by atoms with Gasteiger partial charge in [-0.1, -0.05) is 25.1 Å². The molecule has 0 bridgehead atoms. The third kappa shape index (κ3) is 2.69. The molecule has 0 saturated carbocycles. The second-order valence-corrected chi connectivity index (χ2v) is 5.90. The highest BCUT2D eigenvalue weighted by Gasteiger charge is 2.27. The number of nitrogens with zero attached hydrogens (tertiary/aromatic N) is 1. The Morgan fingerprint density at radius 1 is 1.33 bits per heavy atom. The van der Waals surface area contributed by atoms with Crippen LogP contribution in [0.25, 0.3) is 10.9 Å². The largest absolute Gasteiger partial charge is 0.337 e. The zero-order chi connectivity index (χ0) is 15.0. The Bertz CT molecular complexity index is 728. The molecule has 1 saturated heterocycles. The molecule has 1 aromatic heterocycles. The van der Waals surface area contributed by atoms with Crippen LogP contribution in [-0.4, -0.2) is 34.9 Å². The van der Waals surface area contributed by atoms with Gasteiger partial charge in [-0.15, -0.1) is 0 Å². The third-order valence-corrected chi connectivity index (χ3v) is 3.96. The number of pyridine rings is 1. The lowest BCUT2D eigenvalue weighted by Gasteiger charge is -2.35. The molecule has 2 heterocycles. The number of likely N-dealkylation sites (tertiary alicyclic amines) is 1. The van der Waals surface area contributed by atoms with Crippen molar-refractivity contribution < 1.29 is 4.79 Å². The van der Waals surface area contributed by atoms with E-state index in [9.17, 15) is 9.59 Å². The smallest absolute Gasteiger partial charge is 0.254 e. The number of aromatic nitrogens is 1. The van der Waals surface area contributed by atoms with Crippen LogP contribution < -0.4 is 11.3 Å². The first-order valence-corrected chi connectivity index (χ1v) is 7.21. The molecule has 1 aliphatic rings. The molecule has 2 atom stereocenters. The molecule has 3 rings (SSSR count). The van der Waals surface area contributed by atoms with Crippen LogP contribution in [-0.2, 0) is 0 Å². The maximum absolute atomic E-state index is 12.8. The number of piperidine rings is 1. The molecule has 110 valence electrons. The third-order valence-electron chi connectivity index (χ3n) is 3.96. The summed E-state index contributed by atoms with van der Waals surface area (Å²) >= 11 is 0. The average Bonchev–Trinajstić information content (AvgIpc) is 2.44. The lowest BCUT2D eigenvalue weighted by atomic mass is 9.95. The van der Waals surface area contributed by atoms with Gasteiger partial charge in [-0.05, 0) is 18.4 Å². The first-order valence-electron chi connectivity index (χ1n) is 7.21. The number of aromatic amines is 1. The molecule has 0 aliphatic carbocycles. The van der Waals surface area contributed by atoms with Crippen molar-refractivity contribution in [1.82, 2.24) is 9.88 Å². The van der Waals surface area contributed by atoms with Crippen molar-refractivity contribution in [3.63, 3.8) is 0 Å². The molecule has 2 aromatic rings. The lowest BCUT2D eigenvalue weighted by molar-refractivity contribution is 0.0663. The van der Waals surface area contributed by atoms with Crippen molar-refractivity contribution in [3.8, 4) is 0 Å². The highest BCUT2D eigenvalue weighted by Crippen LogP contribution is 2.21. The standard InChI is InChI=1S/C16H19N3O2/c1-10-6-11(17)9-19(8-10)16(21)13-7-15(20)18-14-5-3-2-4-12(13)14/h2-5,7,10-11H,6,8-9,17H2,1H3,(H,18,20). The van der Waals surface area contributed by atoms with E-state index in [4.69, 9.17) is 5.73 Å². The van der Waals surface area contributed by atoms with E-state index in [0.29, 0.717) is 30.1 Å². The van der Waals surface area contributed by atoms with Gasteiger partial charge in [0, 0.05) is 36.1 Å². The molecule has 1 fully saturated rings. The highest BCUT2D eigenvalue weighted by atomic mass is 16.2. The minimum Gasteiger partial charge on any atom is -0.337 e. The molecule has 5 heteroatoms.